The predicted molar refractivity (Wildman–Crippen MR) is 71.0 cm³/mol. The van der Waals surface area contributed by atoms with Crippen molar-refractivity contribution in [3.05, 3.63) is 24.0 Å². The molecule has 0 aliphatic rings. The van der Waals surface area contributed by atoms with Gasteiger partial charge in [0, 0.05) is 11.9 Å². The maximum absolute atomic E-state index is 11.7. The van der Waals surface area contributed by atoms with Crippen LogP contribution in [-0.2, 0) is 10.3 Å². The summed E-state index contributed by atoms with van der Waals surface area (Å²) in [7, 11) is 0. The summed E-state index contributed by atoms with van der Waals surface area (Å²) in [5.74, 6) is 0. The number of ether oxygens (including phenoxy) is 1. The number of rotatable bonds is 2. The Kier molecular flexibility index (Phi) is 3.84. The second-order valence-corrected chi connectivity index (χ2v) is 5.73. The molecule has 0 aliphatic carbocycles. The number of nitrogens with two attached hydrogens (primary N) is 1. The van der Waals surface area contributed by atoms with Gasteiger partial charge in [-0.15, -0.1) is 0 Å². The highest BCUT2D eigenvalue weighted by molar-refractivity contribution is 5.69. The fraction of sp³-hybridized carbons (Fsp3) is 0.538. The summed E-state index contributed by atoms with van der Waals surface area (Å²) in [5.41, 5.74) is 5.84. The van der Waals surface area contributed by atoms with Gasteiger partial charge in [0.15, 0.2) is 0 Å². The van der Waals surface area contributed by atoms with Gasteiger partial charge in [0.2, 0.25) is 0 Å². The first-order valence-electron chi connectivity index (χ1n) is 5.83. The lowest BCUT2D eigenvalue weighted by Gasteiger charge is -2.28. The lowest BCUT2D eigenvalue weighted by Crippen LogP contribution is -2.44. The summed E-state index contributed by atoms with van der Waals surface area (Å²) in [6.45, 7) is 9.15. The third kappa shape index (κ3) is 4.24. The number of nitrogen functional groups attached to an aromatic ring is 1. The van der Waals surface area contributed by atoms with Crippen LogP contribution in [0, 0.1) is 0 Å². The first-order valence-corrected chi connectivity index (χ1v) is 5.83. The minimum atomic E-state index is -0.641. The van der Waals surface area contributed by atoms with Gasteiger partial charge in [-0.05, 0) is 46.8 Å². The highest BCUT2D eigenvalue weighted by Gasteiger charge is 2.27. The number of amides is 1. The van der Waals surface area contributed by atoms with E-state index < -0.39 is 17.2 Å². The molecule has 1 aromatic rings. The molecule has 0 aliphatic heterocycles. The van der Waals surface area contributed by atoms with Gasteiger partial charge in [-0.2, -0.15) is 0 Å². The van der Waals surface area contributed by atoms with Crippen LogP contribution in [-0.4, -0.2) is 16.7 Å². The van der Waals surface area contributed by atoms with E-state index in [0.29, 0.717) is 11.4 Å². The predicted octanol–water partition coefficient (Wildman–Crippen LogP) is 2.42. The van der Waals surface area contributed by atoms with E-state index in [-0.39, 0.29) is 0 Å². The van der Waals surface area contributed by atoms with E-state index in [0.717, 1.165) is 0 Å². The van der Waals surface area contributed by atoms with Crippen LogP contribution in [0.3, 0.4) is 0 Å². The molecule has 100 valence electrons. The van der Waals surface area contributed by atoms with Gasteiger partial charge >= 0.3 is 6.09 Å². The first-order chi connectivity index (χ1) is 8.10. The fourth-order valence-electron chi connectivity index (χ4n) is 1.41. The number of anilines is 1. The first kappa shape index (κ1) is 14.3. The number of nitrogens with one attached hydrogen (secondary N) is 1. The highest BCUT2D eigenvalue weighted by atomic mass is 16.6. The van der Waals surface area contributed by atoms with Crippen molar-refractivity contribution in [3.8, 4) is 0 Å². The second kappa shape index (κ2) is 4.84. The number of carbonyl (C=O) groups is 1. The molecule has 18 heavy (non-hydrogen) atoms. The van der Waals surface area contributed by atoms with Crippen LogP contribution in [0.15, 0.2) is 18.3 Å². The summed E-state index contributed by atoms with van der Waals surface area (Å²) < 4.78 is 5.22. The molecule has 0 atom stereocenters. The van der Waals surface area contributed by atoms with Crippen LogP contribution in [0.2, 0.25) is 0 Å². The molecule has 1 rings (SSSR count). The Labute approximate surface area is 108 Å². The number of hydrogen-bond donors (Lipinski definition) is 2. The topological polar surface area (TPSA) is 77.2 Å². The number of nitrogens with zero attached hydrogens (tertiary/aromatic N) is 1. The average molecular weight is 251 g/mol. The number of alkyl carbamates (subject to hydrolysis) is 1. The largest absolute Gasteiger partial charge is 0.444 e. The van der Waals surface area contributed by atoms with Crippen LogP contribution in [0.5, 0.6) is 0 Å². The number of carbonyl (C=O) groups excluding carboxylic acids is 1. The van der Waals surface area contributed by atoms with Gasteiger partial charge in [0.05, 0.1) is 11.2 Å². The Morgan fingerprint density at radius 3 is 2.44 bits per heavy atom. The summed E-state index contributed by atoms with van der Waals surface area (Å²) in [4.78, 5) is 16.0. The number of hydrogen-bond acceptors (Lipinski definition) is 4. The Balaban J connectivity index is 2.79. The SMILES string of the molecule is CC(C)(C)OC(=O)NC(C)(C)c1cc(N)ccn1. The number of aromatic nitrogens is 1. The standard InChI is InChI=1S/C13H21N3O2/c1-12(2,3)18-11(17)16-13(4,5)10-8-9(14)6-7-15-10/h6-8H,1-5H3,(H2,14,15)(H,16,17). The molecule has 0 radical (unpaired) electrons. The Morgan fingerprint density at radius 2 is 1.94 bits per heavy atom. The van der Waals surface area contributed by atoms with E-state index in [4.69, 9.17) is 10.5 Å². The molecule has 0 spiro atoms. The lowest BCUT2D eigenvalue weighted by atomic mass is 10.00. The van der Waals surface area contributed by atoms with Crippen LogP contribution in [0.25, 0.3) is 0 Å². The minimum absolute atomic E-state index is 0.475. The van der Waals surface area contributed by atoms with Crippen molar-refractivity contribution in [1.29, 1.82) is 0 Å². The monoisotopic (exact) mass is 251 g/mol. The fourth-order valence-corrected chi connectivity index (χ4v) is 1.41. The van der Waals surface area contributed by atoms with E-state index in [1.165, 1.54) is 0 Å². The van der Waals surface area contributed by atoms with Crippen LogP contribution in [0.4, 0.5) is 10.5 Å². The van der Waals surface area contributed by atoms with Gasteiger partial charge in [0.25, 0.3) is 0 Å². The van der Waals surface area contributed by atoms with Crippen molar-refractivity contribution in [3.63, 3.8) is 0 Å². The maximum atomic E-state index is 11.7. The lowest BCUT2D eigenvalue weighted by molar-refractivity contribution is 0.0468. The zero-order chi connectivity index (χ0) is 14.0. The van der Waals surface area contributed by atoms with Crippen molar-refractivity contribution in [2.75, 3.05) is 5.73 Å². The molecule has 0 unspecified atom stereocenters. The third-order valence-electron chi connectivity index (χ3n) is 2.24. The van der Waals surface area contributed by atoms with E-state index in [9.17, 15) is 4.79 Å². The molecule has 0 saturated heterocycles. The molecule has 0 aromatic carbocycles. The Hall–Kier alpha value is -1.78. The van der Waals surface area contributed by atoms with Gasteiger partial charge in [-0.3, -0.25) is 4.98 Å². The van der Waals surface area contributed by atoms with Crippen molar-refractivity contribution >= 4 is 11.8 Å². The molecule has 5 heteroatoms. The van der Waals surface area contributed by atoms with Crippen molar-refractivity contribution in [2.45, 2.75) is 45.8 Å². The summed E-state index contributed by atoms with van der Waals surface area (Å²) in [6, 6.07) is 3.43. The molecule has 0 saturated carbocycles. The van der Waals surface area contributed by atoms with E-state index >= 15 is 0 Å². The maximum Gasteiger partial charge on any atom is 0.408 e. The Morgan fingerprint density at radius 1 is 1.33 bits per heavy atom. The van der Waals surface area contributed by atoms with Gasteiger partial charge in [-0.25, -0.2) is 4.79 Å². The molecule has 3 N–H and O–H groups in total. The smallest absolute Gasteiger partial charge is 0.408 e. The Bertz CT molecular complexity index is 436. The van der Waals surface area contributed by atoms with E-state index in [1.807, 2.05) is 34.6 Å². The quantitative estimate of drug-likeness (QED) is 0.846. The number of pyridine rings is 1. The van der Waals surface area contributed by atoms with Gasteiger partial charge < -0.3 is 15.8 Å². The zero-order valence-corrected chi connectivity index (χ0v) is 11.6. The second-order valence-electron chi connectivity index (χ2n) is 5.73. The molecule has 0 fully saturated rings. The van der Waals surface area contributed by atoms with Crippen molar-refractivity contribution in [1.82, 2.24) is 10.3 Å². The van der Waals surface area contributed by atoms with Crippen LogP contribution >= 0.6 is 0 Å². The van der Waals surface area contributed by atoms with Crippen LogP contribution < -0.4 is 11.1 Å². The van der Waals surface area contributed by atoms with Gasteiger partial charge in [-0.1, -0.05) is 0 Å². The highest BCUT2D eigenvalue weighted by Crippen LogP contribution is 2.20. The third-order valence-corrected chi connectivity index (χ3v) is 2.24. The van der Waals surface area contributed by atoms with E-state index in [1.54, 1.807) is 18.3 Å². The summed E-state index contributed by atoms with van der Waals surface area (Å²) >= 11 is 0. The molecular weight excluding hydrogens is 230 g/mol. The molecule has 5 nitrogen and oxygen atoms in total. The van der Waals surface area contributed by atoms with Gasteiger partial charge in [0.1, 0.15) is 5.60 Å². The average Bonchev–Trinajstić information content (AvgIpc) is 2.13. The van der Waals surface area contributed by atoms with E-state index in [2.05, 4.69) is 10.3 Å². The molecule has 0 bridgehead atoms. The molecule has 1 amide bonds. The molecular formula is C13H21N3O2. The van der Waals surface area contributed by atoms with Crippen LogP contribution in [0.1, 0.15) is 40.3 Å². The van der Waals surface area contributed by atoms with Crippen molar-refractivity contribution in [2.24, 2.45) is 0 Å². The molecule has 1 aromatic heterocycles. The molecule has 1 heterocycles. The summed E-state index contributed by atoms with van der Waals surface area (Å²) in [6.07, 6.45) is 1.14. The summed E-state index contributed by atoms with van der Waals surface area (Å²) in [5, 5.41) is 2.78. The van der Waals surface area contributed by atoms with Crippen molar-refractivity contribution < 1.29 is 9.53 Å². The normalized spacial score (nSPS) is 12.1. The zero-order valence-electron chi connectivity index (χ0n) is 11.6. The minimum Gasteiger partial charge on any atom is -0.444 e.